The molecular formula is C24H32N8O2. The highest BCUT2D eigenvalue weighted by Crippen LogP contribution is 2.36. The van der Waals surface area contributed by atoms with Crippen molar-refractivity contribution < 1.29 is 9.53 Å². The summed E-state index contributed by atoms with van der Waals surface area (Å²) in [6, 6.07) is 8.51. The maximum atomic E-state index is 12.3. The van der Waals surface area contributed by atoms with Crippen LogP contribution >= 0.6 is 0 Å². The lowest BCUT2D eigenvalue weighted by molar-refractivity contribution is -0.132. The molecule has 0 radical (unpaired) electrons. The Morgan fingerprint density at radius 2 is 2.06 bits per heavy atom. The van der Waals surface area contributed by atoms with E-state index in [0.29, 0.717) is 18.3 Å². The number of hydrogen-bond donors (Lipinski definition) is 3. The molecule has 34 heavy (non-hydrogen) atoms. The normalized spacial score (nSPS) is 20.9. The minimum absolute atomic E-state index is 0.0411. The summed E-state index contributed by atoms with van der Waals surface area (Å²) in [6.07, 6.45) is 5.67. The van der Waals surface area contributed by atoms with Crippen LogP contribution in [0.15, 0.2) is 30.6 Å². The number of rotatable bonds is 7. The molecule has 2 atom stereocenters. The summed E-state index contributed by atoms with van der Waals surface area (Å²) in [4.78, 5) is 24.5. The van der Waals surface area contributed by atoms with E-state index in [1.54, 1.807) is 13.3 Å². The van der Waals surface area contributed by atoms with Crippen molar-refractivity contribution in [3.63, 3.8) is 0 Å². The predicted octanol–water partition coefficient (Wildman–Crippen LogP) is 1.60. The van der Waals surface area contributed by atoms with E-state index in [9.17, 15) is 4.79 Å². The molecule has 2 fully saturated rings. The Morgan fingerprint density at radius 1 is 1.26 bits per heavy atom. The molecule has 0 aliphatic carbocycles. The van der Waals surface area contributed by atoms with Crippen molar-refractivity contribution >= 4 is 11.7 Å². The zero-order valence-corrected chi connectivity index (χ0v) is 19.9. The molecule has 2 unspecified atom stereocenters. The largest absolute Gasteiger partial charge is 0.496 e. The summed E-state index contributed by atoms with van der Waals surface area (Å²) in [5.41, 5.74) is 9.22. The van der Waals surface area contributed by atoms with Crippen molar-refractivity contribution in [1.82, 2.24) is 30.6 Å². The average Bonchev–Trinajstić information content (AvgIpc) is 3.32. The van der Waals surface area contributed by atoms with Gasteiger partial charge in [-0.05, 0) is 44.5 Å². The molecular weight excluding hydrogens is 432 g/mol. The monoisotopic (exact) mass is 464 g/mol. The lowest BCUT2D eigenvalue weighted by Crippen LogP contribution is -2.42. The number of anilines is 1. The standard InChI is InChI=1S/C24H32N8O2/c1-31(2)15-24(33)32-8-6-16(7-9-32)17-4-5-19(21(10-17)34-3)20-11-22(30-29-20)28-23-14-26-18(12-25)13-27-23/h4-5,10,13-14,16,20,22,29-30H,6-9,11,15H2,1-3H3,(H,27,28). The van der Waals surface area contributed by atoms with Crippen LogP contribution in [-0.2, 0) is 4.79 Å². The number of hydrogen-bond acceptors (Lipinski definition) is 9. The van der Waals surface area contributed by atoms with Gasteiger partial charge in [0.2, 0.25) is 5.91 Å². The molecule has 0 bridgehead atoms. The average molecular weight is 465 g/mol. The minimum atomic E-state index is -0.0411. The second-order valence-corrected chi connectivity index (χ2v) is 9.07. The Bertz CT molecular complexity index is 1030. The van der Waals surface area contributed by atoms with Gasteiger partial charge in [0, 0.05) is 25.1 Å². The van der Waals surface area contributed by atoms with Gasteiger partial charge < -0.3 is 19.9 Å². The zero-order chi connectivity index (χ0) is 24.1. The molecule has 1 aromatic carbocycles. The number of ether oxygens (including phenoxy) is 1. The van der Waals surface area contributed by atoms with Crippen molar-refractivity contribution in [2.75, 3.05) is 46.2 Å². The number of nitrogens with one attached hydrogen (secondary N) is 3. The highest BCUT2D eigenvalue weighted by molar-refractivity contribution is 5.78. The molecule has 2 aliphatic rings. The topological polar surface area (TPSA) is 118 Å². The number of nitriles is 1. The first kappa shape index (κ1) is 23.9. The number of piperidine rings is 1. The number of carbonyl (C=O) groups is 1. The third kappa shape index (κ3) is 5.62. The summed E-state index contributed by atoms with van der Waals surface area (Å²) < 4.78 is 5.76. The number of benzene rings is 1. The summed E-state index contributed by atoms with van der Waals surface area (Å²) >= 11 is 0. The Kier molecular flexibility index (Phi) is 7.57. The van der Waals surface area contributed by atoms with Crippen molar-refractivity contribution in [2.45, 2.75) is 37.4 Å². The first-order valence-corrected chi connectivity index (χ1v) is 11.6. The number of likely N-dealkylation sites (N-methyl/N-ethyl adjacent to an activating group) is 1. The third-order valence-electron chi connectivity index (χ3n) is 6.40. The summed E-state index contributed by atoms with van der Waals surface area (Å²) in [5, 5.41) is 12.1. The highest BCUT2D eigenvalue weighted by Gasteiger charge is 2.29. The maximum Gasteiger partial charge on any atom is 0.236 e. The van der Waals surface area contributed by atoms with E-state index >= 15 is 0 Å². The first-order valence-electron chi connectivity index (χ1n) is 11.6. The van der Waals surface area contributed by atoms with E-state index in [1.807, 2.05) is 30.0 Å². The SMILES string of the molecule is COc1cc(C2CCN(C(=O)CN(C)C)CC2)ccc1C1CC(Nc2cnc(C#N)cn2)NN1. The van der Waals surface area contributed by atoms with E-state index in [-0.39, 0.29) is 23.8 Å². The van der Waals surface area contributed by atoms with Crippen LogP contribution in [0.25, 0.3) is 0 Å². The predicted molar refractivity (Wildman–Crippen MR) is 128 cm³/mol. The van der Waals surface area contributed by atoms with Gasteiger partial charge in [-0.25, -0.2) is 20.8 Å². The lowest BCUT2D eigenvalue weighted by atomic mass is 9.88. The molecule has 3 heterocycles. The smallest absolute Gasteiger partial charge is 0.236 e. The van der Waals surface area contributed by atoms with E-state index in [4.69, 9.17) is 10.00 Å². The second kappa shape index (κ2) is 10.8. The number of carbonyl (C=O) groups excluding carboxylic acids is 1. The van der Waals surface area contributed by atoms with Gasteiger partial charge in [-0.3, -0.25) is 4.79 Å². The molecule has 1 amide bonds. The Labute approximate surface area is 200 Å². The zero-order valence-electron chi connectivity index (χ0n) is 19.9. The van der Waals surface area contributed by atoms with Crippen LogP contribution in [0.2, 0.25) is 0 Å². The van der Waals surface area contributed by atoms with Crippen molar-refractivity contribution in [3.05, 3.63) is 47.4 Å². The number of amides is 1. The Morgan fingerprint density at radius 3 is 2.71 bits per heavy atom. The molecule has 2 aliphatic heterocycles. The van der Waals surface area contributed by atoms with Gasteiger partial charge in [-0.1, -0.05) is 12.1 Å². The molecule has 2 saturated heterocycles. The Balaban J connectivity index is 1.36. The van der Waals surface area contributed by atoms with Crippen LogP contribution in [0.4, 0.5) is 5.82 Å². The fourth-order valence-electron chi connectivity index (χ4n) is 4.60. The van der Waals surface area contributed by atoms with E-state index in [1.165, 1.54) is 11.8 Å². The first-order chi connectivity index (χ1) is 16.5. The van der Waals surface area contributed by atoms with Crippen molar-refractivity contribution in [2.24, 2.45) is 0 Å². The molecule has 1 aromatic heterocycles. The summed E-state index contributed by atoms with van der Waals surface area (Å²) in [5.74, 6) is 2.09. The second-order valence-electron chi connectivity index (χ2n) is 9.07. The van der Waals surface area contributed by atoms with Crippen LogP contribution < -0.4 is 20.9 Å². The molecule has 3 N–H and O–H groups in total. The number of likely N-dealkylation sites (tertiary alicyclic amines) is 1. The number of aromatic nitrogens is 2. The highest BCUT2D eigenvalue weighted by atomic mass is 16.5. The number of nitrogens with zero attached hydrogens (tertiary/aromatic N) is 5. The van der Waals surface area contributed by atoms with Crippen molar-refractivity contribution in [1.29, 1.82) is 5.26 Å². The molecule has 2 aromatic rings. The van der Waals surface area contributed by atoms with Crippen LogP contribution in [-0.4, -0.2) is 72.7 Å². The van der Waals surface area contributed by atoms with Gasteiger partial charge in [-0.15, -0.1) is 0 Å². The van der Waals surface area contributed by atoms with Crippen molar-refractivity contribution in [3.8, 4) is 11.8 Å². The van der Waals surface area contributed by atoms with Gasteiger partial charge in [0.15, 0.2) is 5.69 Å². The third-order valence-corrected chi connectivity index (χ3v) is 6.40. The van der Waals surface area contributed by atoms with Gasteiger partial charge in [-0.2, -0.15) is 5.26 Å². The van der Waals surface area contributed by atoms with Crippen LogP contribution in [0.5, 0.6) is 5.75 Å². The minimum Gasteiger partial charge on any atom is -0.496 e. The van der Waals surface area contributed by atoms with Gasteiger partial charge in [0.1, 0.15) is 17.6 Å². The van der Waals surface area contributed by atoms with E-state index in [2.05, 4.69) is 44.3 Å². The van der Waals surface area contributed by atoms with Crippen LogP contribution in [0, 0.1) is 11.3 Å². The fraction of sp³-hybridized carbons (Fsp3) is 0.500. The molecule has 0 spiro atoms. The summed E-state index contributed by atoms with van der Waals surface area (Å²) in [7, 11) is 5.55. The van der Waals surface area contributed by atoms with Gasteiger partial charge in [0.05, 0.1) is 38.3 Å². The van der Waals surface area contributed by atoms with E-state index < -0.39 is 0 Å². The van der Waals surface area contributed by atoms with Gasteiger partial charge in [0.25, 0.3) is 0 Å². The van der Waals surface area contributed by atoms with Crippen LogP contribution in [0.1, 0.15) is 48.0 Å². The number of methoxy groups -OCH3 is 1. The molecule has 10 nitrogen and oxygen atoms in total. The summed E-state index contributed by atoms with van der Waals surface area (Å²) in [6.45, 7) is 2.05. The van der Waals surface area contributed by atoms with Gasteiger partial charge >= 0.3 is 0 Å². The lowest BCUT2D eigenvalue weighted by Gasteiger charge is -2.33. The quantitative estimate of drug-likeness (QED) is 0.561. The van der Waals surface area contributed by atoms with Crippen LogP contribution in [0.3, 0.4) is 0 Å². The van der Waals surface area contributed by atoms with E-state index in [0.717, 1.165) is 43.7 Å². The number of hydrazine groups is 1. The molecule has 10 heteroatoms. The fourth-order valence-corrected chi connectivity index (χ4v) is 4.60. The molecule has 0 saturated carbocycles. The maximum absolute atomic E-state index is 12.3. The molecule has 4 rings (SSSR count). The molecule has 180 valence electrons. The Hall–Kier alpha value is -3.26.